The Bertz CT molecular complexity index is 893. The van der Waals surface area contributed by atoms with Gasteiger partial charge in [0.25, 0.3) is 5.91 Å². The lowest BCUT2D eigenvalue weighted by atomic mass is 10.1. The average molecular weight is 378 g/mol. The summed E-state index contributed by atoms with van der Waals surface area (Å²) in [6, 6.07) is 10.7. The van der Waals surface area contributed by atoms with Crippen LogP contribution in [0.25, 0.3) is 0 Å². The van der Waals surface area contributed by atoms with Crippen molar-refractivity contribution in [2.24, 2.45) is 0 Å². The number of nitrogens with zero attached hydrogens (tertiary/aromatic N) is 1. The highest BCUT2D eigenvalue weighted by Crippen LogP contribution is 2.22. The van der Waals surface area contributed by atoms with Crippen LogP contribution in [0, 0.1) is 5.82 Å². The third-order valence-electron chi connectivity index (χ3n) is 4.16. The number of hydrogen-bond acceptors (Lipinski definition) is 3. The molecule has 0 aliphatic heterocycles. The minimum atomic E-state index is -4.00. The van der Waals surface area contributed by atoms with Crippen molar-refractivity contribution in [1.82, 2.24) is 4.31 Å². The molecule has 1 amide bonds. The van der Waals surface area contributed by atoms with E-state index in [0.29, 0.717) is 5.69 Å². The highest BCUT2D eigenvalue weighted by atomic mass is 32.2. The van der Waals surface area contributed by atoms with Crippen LogP contribution in [0.5, 0.6) is 0 Å². The number of carbonyl (C=O) groups is 1. The lowest BCUT2D eigenvalue weighted by molar-refractivity contribution is 0.102. The predicted molar refractivity (Wildman–Crippen MR) is 100 cm³/mol. The number of anilines is 1. The van der Waals surface area contributed by atoms with E-state index in [9.17, 15) is 17.6 Å². The van der Waals surface area contributed by atoms with Gasteiger partial charge in [-0.15, -0.1) is 0 Å². The molecule has 0 bridgehead atoms. The van der Waals surface area contributed by atoms with Crippen LogP contribution in [0.15, 0.2) is 47.4 Å². The minimum Gasteiger partial charge on any atom is -0.322 e. The van der Waals surface area contributed by atoms with Gasteiger partial charge in [-0.3, -0.25) is 4.79 Å². The van der Waals surface area contributed by atoms with Crippen LogP contribution < -0.4 is 5.32 Å². The topological polar surface area (TPSA) is 66.5 Å². The van der Waals surface area contributed by atoms with E-state index in [1.54, 1.807) is 26.0 Å². The van der Waals surface area contributed by atoms with Crippen molar-refractivity contribution in [2.75, 3.05) is 18.4 Å². The fraction of sp³-hybridized carbons (Fsp3) is 0.316. The second-order valence-corrected chi connectivity index (χ2v) is 7.61. The van der Waals surface area contributed by atoms with E-state index in [1.807, 2.05) is 19.1 Å². The second-order valence-electron chi connectivity index (χ2n) is 5.70. The Morgan fingerprint density at radius 1 is 1.08 bits per heavy atom. The number of nitrogens with one attached hydrogen (secondary N) is 1. The van der Waals surface area contributed by atoms with Gasteiger partial charge in [-0.05, 0) is 36.2 Å². The van der Waals surface area contributed by atoms with E-state index < -0.39 is 26.6 Å². The van der Waals surface area contributed by atoms with E-state index in [1.165, 1.54) is 6.07 Å². The first kappa shape index (κ1) is 20.1. The SMILES string of the molecule is CCc1ccccc1NC(=O)c1ccc(F)c(S(=O)(=O)N(CC)CC)c1. The van der Waals surface area contributed by atoms with Crippen LogP contribution in [0.1, 0.15) is 36.7 Å². The molecule has 0 atom stereocenters. The van der Waals surface area contributed by atoms with Gasteiger partial charge in [0.05, 0.1) is 0 Å². The van der Waals surface area contributed by atoms with Crippen LogP contribution in [-0.4, -0.2) is 31.7 Å². The molecular weight excluding hydrogens is 355 g/mol. The third-order valence-corrected chi connectivity index (χ3v) is 6.23. The number of rotatable bonds is 7. The summed E-state index contributed by atoms with van der Waals surface area (Å²) in [6.45, 7) is 5.77. The molecular formula is C19H23FN2O3S. The molecule has 140 valence electrons. The van der Waals surface area contributed by atoms with Gasteiger partial charge in [-0.25, -0.2) is 12.8 Å². The molecule has 0 unspecified atom stereocenters. The Labute approximate surface area is 153 Å². The summed E-state index contributed by atoms with van der Waals surface area (Å²) in [5.41, 5.74) is 1.69. The maximum absolute atomic E-state index is 14.2. The quantitative estimate of drug-likeness (QED) is 0.799. The number of halogens is 1. The minimum absolute atomic E-state index is 0.0861. The van der Waals surface area contributed by atoms with E-state index >= 15 is 0 Å². The van der Waals surface area contributed by atoms with Gasteiger partial charge < -0.3 is 5.32 Å². The molecule has 2 aromatic rings. The molecule has 0 aromatic heterocycles. The van der Waals surface area contributed by atoms with E-state index in [-0.39, 0.29) is 18.7 Å². The summed E-state index contributed by atoms with van der Waals surface area (Å²) in [7, 11) is -4.00. The van der Waals surface area contributed by atoms with Crippen LogP contribution in [0.3, 0.4) is 0 Å². The zero-order valence-corrected chi connectivity index (χ0v) is 15.9. The summed E-state index contributed by atoms with van der Waals surface area (Å²) < 4.78 is 40.5. The van der Waals surface area contributed by atoms with E-state index in [0.717, 1.165) is 28.4 Å². The van der Waals surface area contributed by atoms with Crippen molar-refractivity contribution in [2.45, 2.75) is 32.1 Å². The largest absolute Gasteiger partial charge is 0.322 e. The third kappa shape index (κ3) is 4.11. The maximum atomic E-state index is 14.2. The molecule has 0 heterocycles. The van der Waals surface area contributed by atoms with Crippen LogP contribution in [0.2, 0.25) is 0 Å². The van der Waals surface area contributed by atoms with E-state index in [4.69, 9.17) is 0 Å². The normalized spacial score (nSPS) is 11.6. The number of aryl methyl sites for hydroxylation is 1. The molecule has 0 aliphatic rings. The lowest BCUT2D eigenvalue weighted by Gasteiger charge is -2.19. The number of benzene rings is 2. The number of hydrogen-bond donors (Lipinski definition) is 1. The molecule has 7 heteroatoms. The summed E-state index contributed by atoms with van der Waals surface area (Å²) in [5.74, 6) is -1.36. The van der Waals surface area contributed by atoms with Gasteiger partial charge in [-0.1, -0.05) is 39.0 Å². The molecule has 26 heavy (non-hydrogen) atoms. The molecule has 2 rings (SSSR count). The van der Waals surface area contributed by atoms with Crippen LogP contribution in [-0.2, 0) is 16.4 Å². The standard InChI is InChI=1S/C19H23FN2O3S/c1-4-14-9-7-8-10-17(14)21-19(23)15-11-12-16(20)18(13-15)26(24,25)22(5-2)6-3/h7-13H,4-6H2,1-3H3,(H,21,23). The van der Waals surface area contributed by atoms with Gasteiger partial charge >= 0.3 is 0 Å². The van der Waals surface area contributed by atoms with Gasteiger partial charge in [-0.2, -0.15) is 4.31 Å². The number of sulfonamides is 1. The van der Waals surface area contributed by atoms with Crippen molar-refractivity contribution in [3.63, 3.8) is 0 Å². The summed E-state index contributed by atoms with van der Waals surface area (Å²) >= 11 is 0. The molecule has 0 saturated heterocycles. The van der Waals surface area contributed by atoms with Gasteiger partial charge in [0, 0.05) is 24.3 Å². The van der Waals surface area contributed by atoms with Crippen molar-refractivity contribution in [3.8, 4) is 0 Å². The second kappa shape index (κ2) is 8.42. The Kier molecular flexibility index (Phi) is 6.50. The van der Waals surface area contributed by atoms with Crippen molar-refractivity contribution < 1.29 is 17.6 Å². The lowest BCUT2D eigenvalue weighted by Crippen LogP contribution is -2.31. The van der Waals surface area contributed by atoms with E-state index in [2.05, 4.69) is 5.32 Å². The first-order chi connectivity index (χ1) is 12.3. The Hall–Kier alpha value is -2.25. The Balaban J connectivity index is 2.39. The van der Waals surface area contributed by atoms with Crippen molar-refractivity contribution in [3.05, 3.63) is 59.4 Å². The van der Waals surface area contributed by atoms with Crippen molar-refractivity contribution in [1.29, 1.82) is 0 Å². The zero-order chi connectivity index (χ0) is 19.3. The number of carbonyl (C=O) groups excluding carboxylic acids is 1. The highest BCUT2D eigenvalue weighted by molar-refractivity contribution is 7.89. The average Bonchev–Trinajstić information content (AvgIpc) is 2.63. The van der Waals surface area contributed by atoms with Crippen molar-refractivity contribution >= 4 is 21.6 Å². The molecule has 0 saturated carbocycles. The monoisotopic (exact) mass is 378 g/mol. The molecule has 0 radical (unpaired) electrons. The van der Waals surface area contributed by atoms with Gasteiger partial charge in [0.2, 0.25) is 10.0 Å². The Morgan fingerprint density at radius 2 is 1.73 bits per heavy atom. The molecule has 1 N–H and O–H groups in total. The fourth-order valence-electron chi connectivity index (χ4n) is 2.69. The molecule has 2 aromatic carbocycles. The number of para-hydroxylation sites is 1. The van der Waals surface area contributed by atoms with Gasteiger partial charge in [0.15, 0.2) is 0 Å². The fourth-order valence-corrected chi connectivity index (χ4v) is 4.24. The van der Waals surface area contributed by atoms with Crippen LogP contribution in [0.4, 0.5) is 10.1 Å². The summed E-state index contributed by atoms with van der Waals surface area (Å²) in [6.07, 6.45) is 0.738. The molecule has 0 spiro atoms. The summed E-state index contributed by atoms with van der Waals surface area (Å²) in [4.78, 5) is 12.1. The first-order valence-corrected chi connectivity index (χ1v) is 9.98. The van der Waals surface area contributed by atoms with Crippen LogP contribution >= 0.6 is 0 Å². The maximum Gasteiger partial charge on any atom is 0.255 e. The van der Waals surface area contributed by atoms with Gasteiger partial charge in [0.1, 0.15) is 10.7 Å². The molecule has 0 aliphatic carbocycles. The Morgan fingerprint density at radius 3 is 2.35 bits per heavy atom. The smallest absolute Gasteiger partial charge is 0.255 e. The molecule has 0 fully saturated rings. The first-order valence-electron chi connectivity index (χ1n) is 8.54. The number of amides is 1. The predicted octanol–water partition coefficient (Wildman–Crippen LogP) is 3.67. The summed E-state index contributed by atoms with van der Waals surface area (Å²) in [5, 5.41) is 2.76. The highest BCUT2D eigenvalue weighted by Gasteiger charge is 2.26. The molecule has 5 nitrogen and oxygen atoms in total. The zero-order valence-electron chi connectivity index (χ0n) is 15.1.